The summed E-state index contributed by atoms with van der Waals surface area (Å²) in [4.78, 5) is 5.93. The summed E-state index contributed by atoms with van der Waals surface area (Å²) in [5.74, 6) is 2.55. The van der Waals surface area contributed by atoms with Crippen molar-refractivity contribution >= 4 is 11.8 Å². The lowest BCUT2D eigenvalue weighted by Crippen LogP contribution is -2.28. The van der Waals surface area contributed by atoms with E-state index in [-0.39, 0.29) is 5.41 Å². The van der Waals surface area contributed by atoms with E-state index in [9.17, 15) is 0 Å². The van der Waals surface area contributed by atoms with E-state index in [1.165, 1.54) is 4.90 Å². The Balaban J connectivity index is 1.84. The topological polar surface area (TPSA) is 51.0 Å². The minimum atomic E-state index is 0.0171. The molecule has 5 heteroatoms. The van der Waals surface area contributed by atoms with Crippen LogP contribution in [-0.4, -0.2) is 29.0 Å². The first-order valence-electron chi connectivity index (χ1n) is 7.55. The summed E-state index contributed by atoms with van der Waals surface area (Å²) < 4.78 is 5.57. The molecule has 0 amide bonds. The van der Waals surface area contributed by atoms with Crippen molar-refractivity contribution in [3.63, 3.8) is 0 Å². The smallest absolute Gasteiger partial charge is 0.234 e. The zero-order valence-corrected chi connectivity index (χ0v) is 13.4. The highest BCUT2D eigenvalue weighted by Crippen LogP contribution is 2.34. The van der Waals surface area contributed by atoms with Crippen LogP contribution in [0.3, 0.4) is 0 Å². The highest BCUT2D eigenvalue weighted by molar-refractivity contribution is 7.99. The molecule has 1 fully saturated rings. The van der Waals surface area contributed by atoms with Crippen LogP contribution in [0.15, 0.2) is 33.7 Å². The van der Waals surface area contributed by atoms with Crippen molar-refractivity contribution in [2.75, 3.05) is 18.8 Å². The van der Waals surface area contributed by atoms with Crippen molar-refractivity contribution in [1.29, 1.82) is 0 Å². The first kappa shape index (κ1) is 14.6. The molecule has 21 heavy (non-hydrogen) atoms. The zero-order chi connectivity index (χ0) is 14.7. The molecule has 1 unspecified atom stereocenters. The number of nitrogens with one attached hydrogen (secondary N) is 1. The Morgan fingerprint density at radius 2 is 2.10 bits per heavy atom. The maximum Gasteiger partial charge on any atom is 0.234 e. The van der Waals surface area contributed by atoms with Crippen LogP contribution in [0.1, 0.15) is 32.6 Å². The zero-order valence-electron chi connectivity index (χ0n) is 12.6. The largest absolute Gasteiger partial charge is 0.338 e. The van der Waals surface area contributed by atoms with Crippen molar-refractivity contribution in [2.45, 2.75) is 37.0 Å². The van der Waals surface area contributed by atoms with E-state index < -0.39 is 0 Å². The predicted molar refractivity (Wildman–Crippen MR) is 85.6 cm³/mol. The lowest BCUT2D eigenvalue weighted by molar-refractivity contribution is 0.285. The highest BCUT2D eigenvalue weighted by atomic mass is 32.2. The molecular formula is C16H21N3OS. The third-order valence-electron chi connectivity index (χ3n) is 4.22. The van der Waals surface area contributed by atoms with Gasteiger partial charge in [-0.1, -0.05) is 19.0 Å². The quantitative estimate of drug-likeness (QED) is 0.857. The fraction of sp³-hybridized carbons (Fsp3) is 0.500. The lowest BCUT2D eigenvalue weighted by Gasteiger charge is -2.20. The minimum Gasteiger partial charge on any atom is -0.338 e. The van der Waals surface area contributed by atoms with E-state index in [0.717, 1.165) is 43.1 Å². The second kappa shape index (κ2) is 6.20. The molecule has 3 rings (SSSR count). The normalized spacial score (nSPS) is 21.8. The van der Waals surface area contributed by atoms with Gasteiger partial charge in [-0.05, 0) is 49.4 Å². The van der Waals surface area contributed by atoms with Gasteiger partial charge in [-0.15, -0.1) is 11.8 Å². The maximum atomic E-state index is 5.57. The monoisotopic (exact) mass is 303 g/mol. The van der Waals surface area contributed by atoms with Crippen molar-refractivity contribution in [1.82, 2.24) is 15.5 Å². The Labute approximate surface area is 129 Å². The van der Waals surface area contributed by atoms with Gasteiger partial charge in [0.1, 0.15) is 0 Å². The molecule has 0 aliphatic carbocycles. The van der Waals surface area contributed by atoms with E-state index in [4.69, 9.17) is 4.52 Å². The van der Waals surface area contributed by atoms with Gasteiger partial charge in [0.05, 0.1) is 5.41 Å². The van der Waals surface area contributed by atoms with E-state index in [2.05, 4.69) is 53.6 Å². The molecule has 1 aromatic heterocycles. The van der Waals surface area contributed by atoms with Crippen molar-refractivity contribution < 1.29 is 4.52 Å². The SMILES string of the molecule is CCSc1ccc(-c2noc(C3(CC)CCNC3)n2)cc1. The van der Waals surface area contributed by atoms with Crippen LogP contribution in [0.25, 0.3) is 11.4 Å². The van der Waals surface area contributed by atoms with Crippen molar-refractivity contribution in [3.8, 4) is 11.4 Å². The fourth-order valence-corrected chi connectivity index (χ4v) is 3.46. The molecule has 1 N–H and O–H groups in total. The third-order valence-corrected chi connectivity index (χ3v) is 5.12. The van der Waals surface area contributed by atoms with Crippen LogP contribution in [0.4, 0.5) is 0 Å². The number of hydrogen-bond acceptors (Lipinski definition) is 5. The number of benzene rings is 1. The summed E-state index contributed by atoms with van der Waals surface area (Å²) in [6.07, 6.45) is 2.09. The van der Waals surface area contributed by atoms with E-state index >= 15 is 0 Å². The summed E-state index contributed by atoms with van der Waals surface area (Å²) in [5, 5.41) is 7.58. The van der Waals surface area contributed by atoms with Crippen LogP contribution in [0, 0.1) is 0 Å². The molecule has 112 valence electrons. The molecule has 0 radical (unpaired) electrons. The minimum absolute atomic E-state index is 0.0171. The Kier molecular flexibility index (Phi) is 4.31. The average Bonchev–Trinajstić information content (AvgIpc) is 3.18. The molecule has 0 spiro atoms. The molecular weight excluding hydrogens is 282 g/mol. The molecule has 1 aliphatic rings. The molecule has 0 saturated carbocycles. The number of aromatic nitrogens is 2. The summed E-state index contributed by atoms with van der Waals surface area (Å²) >= 11 is 1.84. The van der Waals surface area contributed by atoms with E-state index in [0.29, 0.717) is 5.82 Å². The summed E-state index contributed by atoms with van der Waals surface area (Å²) in [6, 6.07) is 8.37. The first-order chi connectivity index (χ1) is 10.3. The number of rotatable bonds is 5. The van der Waals surface area contributed by atoms with Crippen LogP contribution in [-0.2, 0) is 5.41 Å². The second-order valence-corrected chi connectivity index (χ2v) is 6.78. The Morgan fingerprint density at radius 1 is 1.29 bits per heavy atom. The molecule has 1 atom stereocenters. The van der Waals surface area contributed by atoms with Gasteiger partial charge in [0, 0.05) is 17.0 Å². The van der Waals surface area contributed by atoms with Crippen LogP contribution in [0.2, 0.25) is 0 Å². The predicted octanol–water partition coefficient (Wildman–Crippen LogP) is 3.49. The standard InChI is InChI=1S/C16H21N3OS/c1-3-16(9-10-17-11-16)15-18-14(19-20-15)12-5-7-13(8-6-12)21-4-2/h5-8,17H,3-4,9-11H2,1-2H3. The van der Waals surface area contributed by atoms with Gasteiger partial charge in [0.15, 0.2) is 0 Å². The van der Waals surface area contributed by atoms with Crippen LogP contribution >= 0.6 is 11.8 Å². The number of nitrogens with zero attached hydrogens (tertiary/aromatic N) is 2. The number of thioether (sulfide) groups is 1. The maximum absolute atomic E-state index is 5.57. The molecule has 0 bridgehead atoms. The third kappa shape index (κ3) is 2.85. The van der Waals surface area contributed by atoms with Crippen LogP contribution in [0.5, 0.6) is 0 Å². The average molecular weight is 303 g/mol. The highest BCUT2D eigenvalue weighted by Gasteiger charge is 2.39. The van der Waals surface area contributed by atoms with Crippen LogP contribution < -0.4 is 5.32 Å². The van der Waals surface area contributed by atoms with Gasteiger partial charge in [0.2, 0.25) is 11.7 Å². The molecule has 1 aromatic carbocycles. The van der Waals surface area contributed by atoms with E-state index in [1.54, 1.807) is 0 Å². The Bertz CT molecular complexity index is 588. The molecule has 2 heterocycles. The molecule has 1 saturated heterocycles. The summed E-state index contributed by atoms with van der Waals surface area (Å²) in [7, 11) is 0. The number of hydrogen-bond donors (Lipinski definition) is 1. The van der Waals surface area contributed by atoms with Gasteiger partial charge in [0.25, 0.3) is 0 Å². The van der Waals surface area contributed by atoms with Gasteiger partial charge < -0.3 is 9.84 Å². The van der Waals surface area contributed by atoms with Crippen molar-refractivity contribution in [2.24, 2.45) is 0 Å². The van der Waals surface area contributed by atoms with Gasteiger partial charge in [-0.2, -0.15) is 4.98 Å². The summed E-state index contributed by atoms with van der Waals surface area (Å²) in [5.41, 5.74) is 1.03. The van der Waals surface area contributed by atoms with Gasteiger partial charge >= 0.3 is 0 Å². The second-order valence-electron chi connectivity index (χ2n) is 5.44. The molecule has 4 nitrogen and oxygen atoms in total. The fourth-order valence-electron chi connectivity index (χ4n) is 2.80. The van der Waals surface area contributed by atoms with E-state index in [1.807, 2.05) is 11.8 Å². The van der Waals surface area contributed by atoms with Crippen molar-refractivity contribution in [3.05, 3.63) is 30.2 Å². The van der Waals surface area contributed by atoms with Gasteiger partial charge in [-0.25, -0.2) is 0 Å². The molecule has 1 aliphatic heterocycles. The molecule has 2 aromatic rings. The Morgan fingerprint density at radius 3 is 2.71 bits per heavy atom. The summed E-state index contributed by atoms with van der Waals surface area (Å²) in [6.45, 7) is 6.29. The first-order valence-corrected chi connectivity index (χ1v) is 8.54. The van der Waals surface area contributed by atoms with Gasteiger partial charge in [-0.3, -0.25) is 0 Å². The lowest BCUT2D eigenvalue weighted by atomic mass is 9.84. The Hall–Kier alpha value is -1.33.